The summed E-state index contributed by atoms with van der Waals surface area (Å²) in [5.74, 6) is 0.989. The minimum atomic E-state index is 0.250. The zero-order valence-electron chi connectivity index (χ0n) is 10.2. The van der Waals surface area contributed by atoms with Gasteiger partial charge in [0, 0.05) is 30.8 Å². The third kappa shape index (κ3) is 2.91. The lowest BCUT2D eigenvalue weighted by Gasteiger charge is -2.20. The molecule has 0 saturated heterocycles. The summed E-state index contributed by atoms with van der Waals surface area (Å²) in [5, 5.41) is 3.55. The molecule has 2 N–H and O–H groups in total. The number of nitrogens with one attached hydrogen (secondary N) is 2. The Bertz CT molecular complexity index is 424. The van der Waals surface area contributed by atoms with Gasteiger partial charge in [-0.15, -0.1) is 0 Å². The average Bonchev–Trinajstić information content (AvgIpc) is 2.90. The molecule has 0 amide bonds. The molecule has 0 aliphatic heterocycles. The number of nitrogens with zero attached hydrogens (tertiary/aromatic N) is 2. The van der Waals surface area contributed by atoms with Crippen molar-refractivity contribution in [3.8, 4) is 0 Å². The molecule has 2 aromatic heterocycles. The molecule has 0 radical (unpaired) electrons. The molecule has 0 spiro atoms. The van der Waals surface area contributed by atoms with Gasteiger partial charge in [0.1, 0.15) is 5.82 Å². The second-order valence-corrected chi connectivity index (χ2v) is 4.11. The van der Waals surface area contributed by atoms with Crippen LogP contribution >= 0.6 is 0 Å². The van der Waals surface area contributed by atoms with Crippen molar-refractivity contribution in [2.24, 2.45) is 0 Å². The van der Waals surface area contributed by atoms with Crippen molar-refractivity contribution in [1.29, 1.82) is 0 Å². The molecule has 4 nitrogen and oxygen atoms in total. The molecule has 90 valence electrons. The van der Waals surface area contributed by atoms with E-state index in [0.29, 0.717) is 0 Å². The van der Waals surface area contributed by atoms with Crippen LogP contribution in [-0.2, 0) is 0 Å². The van der Waals surface area contributed by atoms with Gasteiger partial charge in [-0.2, -0.15) is 0 Å². The number of aromatic amines is 1. The summed E-state index contributed by atoms with van der Waals surface area (Å²) in [5.41, 5.74) is 1.19. The van der Waals surface area contributed by atoms with E-state index < -0.39 is 0 Å². The summed E-state index contributed by atoms with van der Waals surface area (Å²) in [6.07, 6.45) is 8.33. The maximum Gasteiger partial charge on any atom is 0.123 e. The molecule has 0 fully saturated rings. The molecule has 2 heterocycles. The first kappa shape index (κ1) is 11.8. The van der Waals surface area contributed by atoms with Gasteiger partial charge >= 0.3 is 0 Å². The predicted octanol–water partition coefficient (Wildman–Crippen LogP) is 2.61. The van der Waals surface area contributed by atoms with Crippen LogP contribution in [-0.4, -0.2) is 15.0 Å². The quantitative estimate of drug-likeness (QED) is 0.830. The van der Waals surface area contributed by atoms with Crippen molar-refractivity contribution in [2.75, 3.05) is 0 Å². The number of pyridine rings is 1. The third-order valence-corrected chi connectivity index (χ3v) is 2.89. The summed E-state index contributed by atoms with van der Waals surface area (Å²) >= 11 is 0. The Morgan fingerprint density at radius 3 is 2.88 bits per heavy atom. The molecule has 2 unspecified atom stereocenters. The largest absolute Gasteiger partial charge is 0.347 e. The van der Waals surface area contributed by atoms with E-state index in [-0.39, 0.29) is 12.1 Å². The lowest BCUT2D eigenvalue weighted by molar-refractivity contribution is 0.440. The van der Waals surface area contributed by atoms with Crippen molar-refractivity contribution in [2.45, 2.75) is 32.4 Å². The van der Waals surface area contributed by atoms with Gasteiger partial charge in [0.15, 0.2) is 0 Å². The number of imidazole rings is 1. The van der Waals surface area contributed by atoms with Crippen LogP contribution in [0.1, 0.15) is 43.7 Å². The lowest BCUT2D eigenvalue weighted by Crippen LogP contribution is -2.25. The molecule has 0 aliphatic carbocycles. The molecule has 2 aromatic rings. The molecule has 4 heteroatoms. The van der Waals surface area contributed by atoms with Crippen LogP contribution in [0.2, 0.25) is 0 Å². The first-order chi connectivity index (χ1) is 8.31. The Morgan fingerprint density at radius 2 is 2.29 bits per heavy atom. The second-order valence-electron chi connectivity index (χ2n) is 4.11. The van der Waals surface area contributed by atoms with Gasteiger partial charge in [0.25, 0.3) is 0 Å². The van der Waals surface area contributed by atoms with E-state index in [4.69, 9.17) is 0 Å². The number of hydrogen-bond donors (Lipinski definition) is 2. The normalized spacial score (nSPS) is 14.5. The standard InChI is InChI=1S/C13H18N4/c1-3-12(13-15-7-8-16-13)17-10(2)11-5-4-6-14-9-11/h4-10,12,17H,3H2,1-2H3,(H,15,16). The molecule has 17 heavy (non-hydrogen) atoms. The van der Waals surface area contributed by atoms with Crippen molar-refractivity contribution < 1.29 is 0 Å². The molecular weight excluding hydrogens is 212 g/mol. The van der Waals surface area contributed by atoms with Crippen LogP contribution in [0.25, 0.3) is 0 Å². The fourth-order valence-electron chi connectivity index (χ4n) is 1.89. The Kier molecular flexibility index (Phi) is 3.88. The first-order valence-corrected chi connectivity index (χ1v) is 5.96. The SMILES string of the molecule is CCC(NC(C)c1cccnc1)c1ncc[nH]1. The highest BCUT2D eigenvalue weighted by atomic mass is 15.0. The molecule has 2 rings (SSSR count). The van der Waals surface area contributed by atoms with Gasteiger partial charge in [-0.1, -0.05) is 13.0 Å². The summed E-state index contributed by atoms with van der Waals surface area (Å²) < 4.78 is 0. The van der Waals surface area contributed by atoms with Gasteiger partial charge in [-0.3, -0.25) is 4.98 Å². The highest BCUT2D eigenvalue weighted by Crippen LogP contribution is 2.18. The molecule has 0 saturated carbocycles. The fraction of sp³-hybridized carbons (Fsp3) is 0.385. The second kappa shape index (κ2) is 5.59. The van der Waals surface area contributed by atoms with E-state index in [2.05, 4.69) is 40.2 Å². The minimum Gasteiger partial charge on any atom is -0.347 e. The van der Waals surface area contributed by atoms with E-state index >= 15 is 0 Å². The van der Waals surface area contributed by atoms with E-state index in [1.807, 2.05) is 18.5 Å². The smallest absolute Gasteiger partial charge is 0.123 e. The van der Waals surface area contributed by atoms with E-state index in [1.165, 1.54) is 5.56 Å². The van der Waals surface area contributed by atoms with Crippen LogP contribution in [0.15, 0.2) is 36.9 Å². The third-order valence-electron chi connectivity index (χ3n) is 2.89. The van der Waals surface area contributed by atoms with Gasteiger partial charge in [-0.05, 0) is 25.0 Å². The predicted molar refractivity (Wildman–Crippen MR) is 67.4 cm³/mol. The van der Waals surface area contributed by atoms with E-state index in [9.17, 15) is 0 Å². The van der Waals surface area contributed by atoms with Crippen LogP contribution in [0.4, 0.5) is 0 Å². The Hall–Kier alpha value is -1.68. The summed E-state index contributed by atoms with van der Waals surface area (Å²) in [4.78, 5) is 11.6. The minimum absolute atomic E-state index is 0.250. The van der Waals surface area contributed by atoms with Gasteiger partial charge in [0.2, 0.25) is 0 Å². The van der Waals surface area contributed by atoms with Crippen molar-refractivity contribution in [1.82, 2.24) is 20.3 Å². The van der Waals surface area contributed by atoms with Gasteiger partial charge in [0.05, 0.1) is 6.04 Å². The monoisotopic (exact) mass is 230 g/mol. The van der Waals surface area contributed by atoms with Crippen molar-refractivity contribution in [3.63, 3.8) is 0 Å². The van der Waals surface area contributed by atoms with Crippen molar-refractivity contribution in [3.05, 3.63) is 48.3 Å². The van der Waals surface area contributed by atoms with Crippen molar-refractivity contribution >= 4 is 0 Å². The molecule has 2 atom stereocenters. The number of aromatic nitrogens is 3. The van der Waals surface area contributed by atoms with E-state index in [0.717, 1.165) is 12.2 Å². The zero-order chi connectivity index (χ0) is 12.1. The molecule has 0 aliphatic rings. The highest BCUT2D eigenvalue weighted by Gasteiger charge is 2.15. The Balaban J connectivity index is 2.05. The van der Waals surface area contributed by atoms with Gasteiger partial charge < -0.3 is 10.3 Å². The van der Waals surface area contributed by atoms with Crippen LogP contribution in [0.5, 0.6) is 0 Å². The Morgan fingerprint density at radius 1 is 1.41 bits per heavy atom. The molecule has 0 aromatic carbocycles. The number of H-pyrrole nitrogens is 1. The van der Waals surface area contributed by atoms with Gasteiger partial charge in [-0.25, -0.2) is 4.98 Å². The first-order valence-electron chi connectivity index (χ1n) is 5.96. The Labute approximate surface area is 102 Å². The average molecular weight is 230 g/mol. The summed E-state index contributed by atoms with van der Waals surface area (Å²) in [7, 11) is 0. The maximum absolute atomic E-state index is 4.30. The van der Waals surface area contributed by atoms with E-state index in [1.54, 1.807) is 12.4 Å². The number of hydrogen-bond acceptors (Lipinski definition) is 3. The highest BCUT2D eigenvalue weighted by molar-refractivity contribution is 5.13. The fourth-order valence-corrected chi connectivity index (χ4v) is 1.89. The van der Waals surface area contributed by atoms with Crippen LogP contribution in [0.3, 0.4) is 0 Å². The zero-order valence-corrected chi connectivity index (χ0v) is 10.2. The molecular formula is C13H18N4. The lowest BCUT2D eigenvalue weighted by atomic mass is 10.1. The molecule has 0 bridgehead atoms. The summed E-state index contributed by atoms with van der Waals surface area (Å²) in [6, 6.07) is 4.56. The maximum atomic E-state index is 4.30. The number of rotatable bonds is 5. The summed E-state index contributed by atoms with van der Waals surface area (Å²) in [6.45, 7) is 4.29. The topological polar surface area (TPSA) is 53.6 Å². The van der Waals surface area contributed by atoms with Crippen LogP contribution < -0.4 is 5.32 Å². The van der Waals surface area contributed by atoms with Crippen LogP contribution in [0, 0.1) is 0 Å².